The molecule has 8 nitrogen and oxygen atoms in total. The van der Waals surface area contributed by atoms with Crippen molar-refractivity contribution in [3.63, 3.8) is 0 Å². The number of benzene rings is 1. The molecule has 2 fully saturated rings. The minimum Gasteiger partial charge on any atom is -0.308 e. The lowest BCUT2D eigenvalue weighted by atomic mass is 9.85. The molecule has 0 spiro atoms. The standard InChI is InChI=1S/C20H19N5O3S/c1-2-14-23-24-20(29-14)22-19(28)21-12-5-7-13(8-6-12)25-17(26)15-10-3-4-11(9-10)16(15)18(25)27/h3-8,10-11,15-16H,2,9H2,1H3,(H2,21,22,24,28). The van der Waals surface area contributed by atoms with Gasteiger partial charge in [0.2, 0.25) is 16.9 Å². The first kappa shape index (κ1) is 18.0. The molecule has 29 heavy (non-hydrogen) atoms. The molecule has 3 aliphatic rings. The highest BCUT2D eigenvalue weighted by molar-refractivity contribution is 7.15. The number of hydrogen-bond donors (Lipinski definition) is 2. The molecule has 4 atom stereocenters. The van der Waals surface area contributed by atoms with Crippen molar-refractivity contribution in [1.29, 1.82) is 0 Å². The molecular weight excluding hydrogens is 390 g/mol. The summed E-state index contributed by atoms with van der Waals surface area (Å²) in [6.07, 6.45) is 5.82. The quantitative estimate of drug-likeness (QED) is 0.597. The van der Waals surface area contributed by atoms with Crippen LogP contribution < -0.4 is 15.5 Å². The highest BCUT2D eigenvalue weighted by atomic mass is 32.1. The van der Waals surface area contributed by atoms with Crippen molar-refractivity contribution >= 4 is 45.7 Å². The zero-order chi connectivity index (χ0) is 20.1. The lowest BCUT2D eigenvalue weighted by Gasteiger charge is -2.17. The van der Waals surface area contributed by atoms with E-state index in [0.29, 0.717) is 16.5 Å². The van der Waals surface area contributed by atoms with Crippen molar-refractivity contribution in [2.45, 2.75) is 19.8 Å². The highest BCUT2D eigenvalue weighted by Crippen LogP contribution is 2.53. The maximum absolute atomic E-state index is 12.9. The number of aromatic nitrogens is 2. The van der Waals surface area contributed by atoms with Crippen molar-refractivity contribution in [1.82, 2.24) is 10.2 Å². The Labute approximate surface area is 171 Å². The number of amides is 4. The number of rotatable bonds is 4. The van der Waals surface area contributed by atoms with Gasteiger partial charge < -0.3 is 5.32 Å². The van der Waals surface area contributed by atoms with Crippen LogP contribution in [0.5, 0.6) is 0 Å². The van der Waals surface area contributed by atoms with Gasteiger partial charge >= 0.3 is 6.03 Å². The van der Waals surface area contributed by atoms with E-state index in [1.807, 2.05) is 6.92 Å². The minimum atomic E-state index is -0.429. The number of imide groups is 1. The molecule has 4 unspecified atom stereocenters. The van der Waals surface area contributed by atoms with Crippen LogP contribution in [0.4, 0.5) is 21.3 Å². The van der Waals surface area contributed by atoms with Crippen LogP contribution >= 0.6 is 11.3 Å². The average Bonchev–Trinajstić information content (AvgIpc) is 3.47. The summed E-state index contributed by atoms with van der Waals surface area (Å²) in [5.41, 5.74) is 1.09. The molecule has 1 saturated heterocycles. The third-order valence-electron chi connectivity index (χ3n) is 5.84. The molecule has 1 aromatic heterocycles. The van der Waals surface area contributed by atoms with Crippen LogP contribution in [-0.2, 0) is 16.0 Å². The zero-order valence-corrected chi connectivity index (χ0v) is 16.5. The minimum absolute atomic E-state index is 0.113. The number of nitrogens with zero attached hydrogens (tertiary/aromatic N) is 3. The van der Waals surface area contributed by atoms with E-state index >= 15 is 0 Å². The summed E-state index contributed by atoms with van der Waals surface area (Å²) in [7, 11) is 0. The Hall–Kier alpha value is -3.07. The number of hydrogen-bond acceptors (Lipinski definition) is 6. The molecular formula is C20H19N5O3S. The largest absolute Gasteiger partial charge is 0.325 e. The normalized spacial score (nSPS) is 26.9. The first-order chi connectivity index (χ1) is 14.0. The molecule has 2 aliphatic carbocycles. The molecule has 1 aliphatic heterocycles. The fourth-order valence-corrected chi connectivity index (χ4v) is 5.23. The van der Waals surface area contributed by atoms with Gasteiger partial charge in [-0.15, -0.1) is 10.2 Å². The van der Waals surface area contributed by atoms with Crippen LogP contribution in [-0.4, -0.2) is 28.0 Å². The van der Waals surface area contributed by atoms with Crippen molar-refractivity contribution in [3.8, 4) is 0 Å². The number of allylic oxidation sites excluding steroid dienone is 2. The van der Waals surface area contributed by atoms with Gasteiger partial charge in [0.1, 0.15) is 5.01 Å². The highest BCUT2D eigenvalue weighted by Gasteiger charge is 2.59. The summed E-state index contributed by atoms with van der Waals surface area (Å²) in [4.78, 5) is 39.2. The summed E-state index contributed by atoms with van der Waals surface area (Å²) in [5, 5.41) is 14.5. The van der Waals surface area contributed by atoms with Crippen LogP contribution in [0, 0.1) is 23.7 Å². The van der Waals surface area contributed by atoms with Crippen LogP contribution in [0.25, 0.3) is 0 Å². The molecule has 148 valence electrons. The van der Waals surface area contributed by atoms with E-state index in [0.717, 1.165) is 17.8 Å². The zero-order valence-electron chi connectivity index (χ0n) is 15.7. The van der Waals surface area contributed by atoms with Gasteiger partial charge in [-0.2, -0.15) is 0 Å². The van der Waals surface area contributed by atoms with Gasteiger partial charge in [0, 0.05) is 5.69 Å². The van der Waals surface area contributed by atoms with Gasteiger partial charge in [-0.1, -0.05) is 30.4 Å². The Bertz CT molecular complexity index is 1000. The molecule has 2 aromatic rings. The first-order valence-electron chi connectivity index (χ1n) is 9.61. The summed E-state index contributed by atoms with van der Waals surface area (Å²) < 4.78 is 0. The summed E-state index contributed by atoms with van der Waals surface area (Å²) >= 11 is 1.32. The molecule has 1 saturated carbocycles. The second kappa shape index (κ2) is 6.77. The van der Waals surface area contributed by atoms with E-state index in [1.165, 1.54) is 16.2 Å². The van der Waals surface area contributed by atoms with Gasteiger partial charge in [0.15, 0.2) is 0 Å². The first-order valence-corrected chi connectivity index (χ1v) is 10.4. The molecule has 2 bridgehead atoms. The lowest BCUT2D eigenvalue weighted by molar-refractivity contribution is -0.123. The van der Waals surface area contributed by atoms with Crippen LogP contribution in [0.15, 0.2) is 36.4 Å². The second-order valence-corrected chi connectivity index (χ2v) is 8.55. The van der Waals surface area contributed by atoms with Crippen LogP contribution in [0.2, 0.25) is 0 Å². The van der Waals surface area contributed by atoms with E-state index in [1.54, 1.807) is 24.3 Å². The molecule has 9 heteroatoms. The van der Waals surface area contributed by atoms with E-state index in [2.05, 4.69) is 33.0 Å². The van der Waals surface area contributed by atoms with E-state index in [9.17, 15) is 14.4 Å². The topological polar surface area (TPSA) is 104 Å². The molecule has 5 rings (SSSR count). The Kier molecular flexibility index (Phi) is 4.20. The van der Waals surface area contributed by atoms with Crippen molar-refractivity contribution in [2.75, 3.05) is 15.5 Å². The number of carbonyl (C=O) groups excluding carboxylic acids is 3. The molecule has 2 N–H and O–H groups in total. The molecule has 2 heterocycles. The predicted octanol–water partition coefficient (Wildman–Crippen LogP) is 3.06. The number of carbonyl (C=O) groups is 3. The summed E-state index contributed by atoms with van der Waals surface area (Å²) in [6, 6.07) is 6.29. The number of aryl methyl sites for hydroxylation is 1. The second-order valence-electron chi connectivity index (χ2n) is 7.49. The third-order valence-corrected chi connectivity index (χ3v) is 6.83. The van der Waals surface area contributed by atoms with Gasteiger partial charge in [-0.25, -0.2) is 4.79 Å². The maximum Gasteiger partial charge on any atom is 0.325 e. The maximum atomic E-state index is 12.9. The van der Waals surface area contributed by atoms with Gasteiger partial charge in [0.25, 0.3) is 0 Å². The van der Waals surface area contributed by atoms with Gasteiger partial charge in [0.05, 0.1) is 17.5 Å². The number of fused-ring (bicyclic) bond motifs is 5. The average molecular weight is 409 g/mol. The number of anilines is 3. The Balaban J connectivity index is 1.26. The Morgan fingerprint density at radius 3 is 2.31 bits per heavy atom. The van der Waals surface area contributed by atoms with Gasteiger partial charge in [-0.05, 0) is 48.9 Å². The fourth-order valence-electron chi connectivity index (χ4n) is 4.56. The fraction of sp³-hybridized carbons (Fsp3) is 0.350. The molecule has 1 aromatic carbocycles. The Morgan fingerprint density at radius 1 is 1.07 bits per heavy atom. The van der Waals surface area contributed by atoms with E-state index < -0.39 is 6.03 Å². The van der Waals surface area contributed by atoms with E-state index in [4.69, 9.17) is 0 Å². The summed E-state index contributed by atoms with van der Waals surface area (Å²) in [6.45, 7) is 1.97. The Morgan fingerprint density at radius 2 is 1.72 bits per heavy atom. The van der Waals surface area contributed by atoms with Gasteiger partial charge in [-0.3, -0.25) is 19.8 Å². The summed E-state index contributed by atoms with van der Waals surface area (Å²) in [5.74, 6) is -0.298. The lowest BCUT2D eigenvalue weighted by Crippen LogP contribution is -2.32. The SMILES string of the molecule is CCc1nnc(NC(=O)Nc2ccc(N3C(=O)C4C5C=CC(C5)C4C3=O)cc2)s1. The number of nitrogens with one attached hydrogen (secondary N) is 2. The van der Waals surface area contributed by atoms with E-state index in [-0.39, 0.29) is 35.5 Å². The van der Waals surface area contributed by atoms with Crippen LogP contribution in [0.1, 0.15) is 18.4 Å². The smallest absolute Gasteiger partial charge is 0.308 e. The molecule has 4 amide bonds. The number of urea groups is 1. The third kappa shape index (κ3) is 2.93. The predicted molar refractivity (Wildman–Crippen MR) is 109 cm³/mol. The monoisotopic (exact) mass is 409 g/mol. The van der Waals surface area contributed by atoms with Crippen molar-refractivity contribution < 1.29 is 14.4 Å². The van der Waals surface area contributed by atoms with Crippen molar-refractivity contribution in [2.24, 2.45) is 23.7 Å². The molecule has 0 radical (unpaired) electrons. The van der Waals surface area contributed by atoms with Crippen molar-refractivity contribution in [3.05, 3.63) is 41.4 Å². The van der Waals surface area contributed by atoms with Crippen LogP contribution in [0.3, 0.4) is 0 Å².